The number of benzene rings is 3. The Hall–Kier alpha value is -2.54. The number of fused-ring (bicyclic) bond motifs is 1. The molecule has 0 N–H and O–H groups in total. The number of aryl methyl sites for hydroxylation is 1. The summed E-state index contributed by atoms with van der Waals surface area (Å²) < 4.78 is 26.2. The third-order valence-electron chi connectivity index (χ3n) is 5.64. The van der Waals surface area contributed by atoms with Crippen LogP contribution in [0.5, 0.6) is 0 Å². The molecule has 1 heterocycles. The molecule has 1 aliphatic rings. The van der Waals surface area contributed by atoms with Crippen molar-refractivity contribution < 1.29 is 18.0 Å². The van der Waals surface area contributed by atoms with Crippen LogP contribution in [-0.2, 0) is 14.8 Å². The highest BCUT2D eigenvalue weighted by molar-refractivity contribution is 7.89. The monoisotopic (exact) mass is 485 g/mol. The minimum Gasteiger partial charge on any atom is -0.303 e. The molecule has 1 fully saturated rings. The Labute approximate surface area is 200 Å². The summed E-state index contributed by atoms with van der Waals surface area (Å²) in [4.78, 5) is 22.2. The second-order valence-electron chi connectivity index (χ2n) is 8.07. The van der Waals surface area contributed by atoms with Crippen LogP contribution in [0.2, 0.25) is 5.02 Å². The molecule has 0 aromatic heterocycles. The standard InChI is InChI=1S/C14H12O2.C12H16ClNO2S/c15-9-3-6-14(16)13-8-7-11-4-1-2-5-12(11)10-13;1-10-9-11(5-6-12(10)13)17(15,16)14-7-3-2-4-8-14/h1-2,4-5,7-10H,3,6H2;5-6,9H,2-4,7-8H2,1H3. The van der Waals surface area contributed by atoms with Crippen LogP contribution in [0.25, 0.3) is 10.8 Å². The first-order chi connectivity index (χ1) is 15.8. The summed E-state index contributed by atoms with van der Waals surface area (Å²) >= 11 is 5.91. The van der Waals surface area contributed by atoms with Gasteiger partial charge in [0.15, 0.2) is 5.78 Å². The minimum atomic E-state index is -3.33. The number of piperidine rings is 1. The summed E-state index contributed by atoms with van der Waals surface area (Å²) in [6.07, 6.45) is 4.38. The Balaban J connectivity index is 0.000000186. The Morgan fingerprint density at radius 3 is 2.33 bits per heavy atom. The maximum absolute atomic E-state index is 12.3. The van der Waals surface area contributed by atoms with Crippen molar-refractivity contribution in [2.24, 2.45) is 0 Å². The van der Waals surface area contributed by atoms with E-state index in [0.29, 0.717) is 41.4 Å². The molecule has 4 rings (SSSR count). The largest absolute Gasteiger partial charge is 0.303 e. The SMILES string of the molecule is Cc1cc(S(=O)(=O)N2CCCCC2)ccc1Cl.O=CCCC(=O)c1ccc2ccccc2c1. The minimum absolute atomic E-state index is 0.0258. The predicted molar refractivity (Wildman–Crippen MR) is 132 cm³/mol. The fourth-order valence-corrected chi connectivity index (χ4v) is 5.45. The van der Waals surface area contributed by atoms with Gasteiger partial charge in [0.1, 0.15) is 6.29 Å². The first kappa shape index (κ1) is 25.1. The smallest absolute Gasteiger partial charge is 0.243 e. The van der Waals surface area contributed by atoms with Gasteiger partial charge in [-0.1, -0.05) is 54.4 Å². The summed E-state index contributed by atoms with van der Waals surface area (Å²) in [6, 6.07) is 18.4. The van der Waals surface area contributed by atoms with Gasteiger partial charge in [0, 0.05) is 36.5 Å². The van der Waals surface area contributed by atoms with Gasteiger partial charge in [0.25, 0.3) is 0 Å². The highest BCUT2D eigenvalue weighted by Crippen LogP contribution is 2.24. The number of carbonyl (C=O) groups excluding carboxylic acids is 2. The second kappa shape index (κ2) is 11.5. The normalized spacial score (nSPS) is 14.4. The molecular weight excluding hydrogens is 458 g/mol. The van der Waals surface area contributed by atoms with Crippen LogP contribution < -0.4 is 0 Å². The van der Waals surface area contributed by atoms with E-state index < -0.39 is 10.0 Å². The molecule has 1 aliphatic heterocycles. The quantitative estimate of drug-likeness (QED) is 0.325. The van der Waals surface area contributed by atoms with Crippen molar-refractivity contribution in [1.82, 2.24) is 4.31 Å². The van der Waals surface area contributed by atoms with E-state index in [0.717, 1.165) is 41.9 Å². The third kappa shape index (κ3) is 6.50. The van der Waals surface area contributed by atoms with Crippen LogP contribution in [0.15, 0.2) is 65.6 Å². The molecule has 33 heavy (non-hydrogen) atoms. The van der Waals surface area contributed by atoms with Gasteiger partial charge in [-0.25, -0.2) is 8.42 Å². The number of sulfonamides is 1. The molecule has 3 aromatic rings. The van der Waals surface area contributed by atoms with E-state index in [2.05, 4.69) is 0 Å². The molecule has 0 atom stereocenters. The van der Waals surface area contributed by atoms with E-state index >= 15 is 0 Å². The highest BCUT2D eigenvalue weighted by atomic mass is 35.5. The van der Waals surface area contributed by atoms with E-state index in [4.69, 9.17) is 11.6 Å². The van der Waals surface area contributed by atoms with Crippen LogP contribution in [-0.4, -0.2) is 37.9 Å². The number of hydrogen-bond acceptors (Lipinski definition) is 4. The fourth-order valence-electron chi connectivity index (χ4n) is 3.73. The zero-order valence-electron chi connectivity index (χ0n) is 18.7. The predicted octanol–water partition coefficient (Wildman–Crippen LogP) is 5.82. The topological polar surface area (TPSA) is 71.5 Å². The molecule has 174 valence electrons. The van der Waals surface area contributed by atoms with E-state index in [1.165, 1.54) is 0 Å². The van der Waals surface area contributed by atoms with Crippen molar-refractivity contribution in [3.8, 4) is 0 Å². The molecule has 3 aromatic carbocycles. The number of rotatable bonds is 6. The number of halogens is 1. The van der Waals surface area contributed by atoms with Crippen LogP contribution in [0.4, 0.5) is 0 Å². The zero-order valence-corrected chi connectivity index (χ0v) is 20.2. The van der Waals surface area contributed by atoms with Crippen molar-refractivity contribution in [1.29, 1.82) is 0 Å². The van der Waals surface area contributed by atoms with Gasteiger partial charge in [-0.05, 0) is 60.4 Å². The molecule has 0 spiro atoms. The maximum Gasteiger partial charge on any atom is 0.243 e. The van der Waals surface area contributed by atoms with Crippen molar-refractivity contribution in [2.75, 3.05) is 13.1 Å². The average molecular weight is 486 g/mol. The van der Waals surface area contributed by atoms with E-state index in [9.17, 15) is 18.0 Å². The lowest BCUT2D eigenvalue weighted by molar-refractivity contribution is -0.107. The van der Waals surface area contributed by atoms with Gasteiger partial charge in [-0.15, -0.1) is 0 Å². The van der Waals surface area contributed by atoms with E-state index in [-0.39, 0.29) is 5.78 Å². The molecule has 0 saturated carbocycles. The van der Waals surface area contributed by atoms with Gasteiger partial charge >= 0.3 is 0 Å². The molecule has 5 nitrogen and oxygen atoms in total. The lowest BCUT2D eigenvalue weighted by Gasteiger charge is -2.26. The molecule has 0 radical (unpaired) electrons. The summed E-state index contributed by atoms with van der Waals surface area (Å²) in [5, 5.41) is 2.77. The molecule has 1 saturated heterocycles. The van der Waals surface area contributed by atoms with Crippen molar-refractivity contribution in [2.45, 2.75) is 43.9 Å². The summed E-state index contributed by atoms with van der Waals surface area (Å²) in [5.74, 6) is 0.0258. The summed E-state index contributed by atoms with van der Waals surface area (Å²) in [5.41, 5.74) is 1.48. The molecule has 0 unspecified atom stereocenters. The Morgan fingerprint density at radius 1 is 0.970 bits per heavy atom. The number of aldehydes is 1. The molecule has 0 aliphatic carbocycles. The van der Waals surface area contributed by atoms with Crippen LogP contribution in [0.1, 0.15) is 48.0 Å². The molecule has 0 amide bonds. The van der Waals surface area contributed by atoms with Gasteiger partial charge in [0.05, 0.1) is 4.90 Å². The van der Waals surface area contributed by atoms with Crippen LogP contribution in [0, 0.1) is 6.92 Å². The van der Waals surface area contributed by atoms with Crippen molar-refractivity contribution >= 4 is 44.5 Å². The van der Waals surface area contributed by atoms with Crippen LogP contribution in [0.3, 0.4) is 0 Å². The average Bonchev–Trinajstić information content (AvgIpc) is 2.84. The third-order valence-corrected chi connectivity index (χ3v) is 7.96. The van der Waals surface area contributed by atoms with Gasteiger partial charge in [0.2, 0.25) is 10.0 Å². The number of ketones is 1. The molecule has 7 heteroatoms. The number of Topliss-reactive ketones (excluding diaryl/α,β-unsaturated/α-hetero) is 1. The van der Waals surface area contributed by atoms with Crippen molar-refractivity contribution in [3.63, 3.8) is 0 Å². The maximum atomic E-state index is 12.3. The number of hydrogen-bond donors (Lipinski definition) is 0. The number of carbonyl (C=O) groups is 2. The lowest BCUT2D eigenvalue weighted by Crippen LogP contribution is -2.35. The Bertz CT molecular complexity index is 1230. The van der Waals surface area contributed by atoms with E-state index in [1.54, 1.807) is 22.5 Å². The van der Waals surface area contributed by atoms with E-state index in [1.807, 2.05) is 49.4 Å². The first-order valence-electron chi connectivity index (χ1n) is 11.0. The summed E-state index contributed by atoms with van der Waals surface area (Å²) in [7, 11) is -3.33. The van der Waals surface area contributed by atoms with Gasteiger partial charge in [-0.2, -0.15) is 4.31 Å². The van der Waals surface area contributed by atoms with Gasteiger partial charge < -0.3 is 4.79 Å². The Kier molecular flexibility index (Phi) is 8.78. The highest BCUT2D eigenvalue weighted by Gasteiger charge is 2.26. The first-order valence-corrected chi connectivity index (χ1v) is 12.9. The zero-order chi connectivity index (χ0) is 23.8. The molecule has 0 bridgehead atoms. The second-order valence-corrected chi connectivity index (χ2v) is 10.4. The summed E-state index contributed by atoms with van der Waals surface area (Å²) in [6.45, 7) is 3.07. The Morgan fingerprint density at radius 2 is 1.67 bits per heavy atom. The molecular formula is C26H28ClNO4S. The fraction of sp³-hybridized carbons (Fsp3) is 0.308. The lowest BCUT2D eigenvalue weighted by atomic mass is 10.0. The van der Waals surface area contributed by atoms with Crippen molar-refractivity contribution in [3.05, 3.63) is 76.8 Å². The number of nitrogens with zero attached hydrogens (tertiary/aromatic N) is 1. The van der Waals surface area contributed by atoms with Crippen LogP contribution >= 0.6 is 11.6 Å². The van der Waals surface area contributed by atoms with Gasteiger partial charge in [-0.3, -0.25) is 4.79 Å².